The average molecular weight is 344 g/mol. The van der Waals surface area contributed by atoms with Crippen LogP contribution < -0.4 is 10.3 Å². The number of rotatable bonds is 4. The summed E-state index contributed by atoms with van der Waals surface area (Å²) in [7, 11) is 1.62. The molecule has 0 bridgehead atoms. The lowest BCUT2D eigenvalue weighted by molar-refractivity contribution is 0.415. The van der Waals surface area contributed by atoms with Gasteiger partial charge in [-0.3, -0.25) is 14.8 Å². The molecule has 0 unspecified atom stereocenters. The lowest BCUT2D eigenvalue weighted by atomic mass is 10.1. The minimum absolute atomic E-state index is 0.170. The Hall–Kier alpha value is -3.54. The molecule has 0 radical (unpaired) electrons. The zero-order chi connectivity index (χ0) is 17.9. The van der Waals surface area contributed by atoms with Crippen molar-refractivity contribution >= 4 is 10.9 Å². The molecule has 1 aromatic carbocycles. The summed E-state index contributed by atoms with van der Waals surface area (Å²) in [6, 6.07) is 14.8. The molecule has 26 heavy (non-hydrogen) atoms. The molecule has 0 saturated carbocycles. The Kier molecular flexibility index (Phi) is 4.15. The van der Waals surface area contributed by atoms with E-state index in [0.29, 0.717) is 23.1 Å². The highest BCUT2D eigenvalue weighted by Gasteiger charge is 2.14. The van der Waals surface area contributed by atoms with E-state index < -0.39 is 0 Å². The van der Waals surface area contributed by atoms with Gasteiger partial charge in [0, 0.05) is 24.2 Å². The number of hydrogen-bond donors (Lipinski definition) is 0. The summed E-state index contributed by atoms with van der Waals surface area (Å²) in [6.45, 7) is 0.364. The van der Waals surface area contributed by atoms with Crippen molar-refractivity contribution in [3.05, 3.63) is 83.0 Å². The zero-order valence-corrected chi connectivity index (χ0v) is 14.2. The van der Waals surface area contributed by atoms with E-state index in [0.717, 1.165) is 16.9 Å². The van der Waals surface area contributed by atoms with E-state index in [1.54, 1.807) is 37.8 Å². The van der Waals surface area contributed by atoms with Crippen LogP contribution in [-0.4, -0.2) is 26.9 Å². The number of methoxy groups -OCH3 is 1. The van der Waals surface area contributed by atoms with Gasteiger partial charge in [0.25, 0.3) is 5.56 Å². The van der Waals surface area contributed by atoms with Crippen LogP contribution in [-0.2, 0) is 6.54 Å². The van der Waals surface area contributed by atoms with Crippen molar-refractivity contribution in [2.75, 3.05) is 7.11 Å². The van der Waals surface area contributed by atoms with Gasteiger partial charge in [-0.05, 0) is 42.0 Å². The van der Waals surface area contributed by atoms with Crippen molar-refractivity contribution in [3.8, 4) is 17.0 Å². The standard InChI is InChI=1S/C20H16N4O2/c1-26-16-5-2-4-15(12-16)18-19-17(6-3-9-22-19)20(25)24(23-18)13-14-7-10-21-11-8-14/h2-12H,13H2,1H3. The first-order valence-corrected chi connectivity index (χ1v) is 8.15. The van der Waals surface area contributed by atoms with Gasteiger partial charge in [-0.15, -0.1) is 0 Å². The largest absolute Gasteiger partial charge is 0.497 e. The Labute approximate surface area is 149 Å². The third-order valence-electron chi connectivity index (χ3n) is 4.14. The molecule has 128 valence electrons. The average Bonchev–Trinajstić information content (AvgIpc) is 2.71. The van der Waals surface area contributed by atoms with E-state index >= 15 is 0 Å². The first-order chi connectivity index (χ1) is 12.8. The molecule has 0 saturated heterocycles. The molecule has 0 aliphatic rings. The van der Waals surface area contributed by atoms with Crippen LogP contribution in [0.5, 0.6) is 5.75 Å². The van der Waals surface area contributed by atoms with E-state index in [1.165, 1.54) is 4.68 Å². The molecular formula is C20H16N4O2. The third kappa shape index (κ3) is 2.93. The van der Waals surface area contributed by atoms with Crippen LogP contribution in [0.3, 0.4) is 0 Å². The van der Waals surface area contributed by atoms with Crippen LogP contribution >= 0.6 is 0 Å². The molecule has 3 aromatic heterocycles. The van der Waals surface area contributed by atoms with Crippen molar-refractivity contribution in [3.63, 3.8) is 0 Å². The van der Waals surface area contributed by atoms with Crippen molar-refractivity contribution < 1.29 is 4.74 Å². The molecule has 0 N–H and O–H groups in total. The smallest absolute Gasteiger partial charge is 0.276 e. The molecule has 0 amide bonds. The molecule has 6 heteroatoms. The van der Waals surface area contributed by atoms with Gasteiger partial charge in [0.1, 0.15) is 17.0 Å². The summed E-state index contributed by atoms with van der Waals surface area (Å²) in [5.74, 6) is 0.722. The summed E-state index contributed by atoms with van der Waals surface area (Å²) in [5, 5.41) is 5.14. The van der Waals surface area contributed by atoms with E-state index in [1.807, 2.05) is 36.4 Å². The van der Waals surface area contributed by atoms with Gasteiger partial charge in [-0.25, -0.2) is 4.68 Å². The second kappa shape index (κ2) is 6.76. The van der Waals surface area contributed by atoms with Crippen LogP contribution in [0.2, 0.25) is 0 Å². The minimum Gasteiger partial charge on any atom is -0.497 e. The molecule has 4 rings (SSSR count). The van der Waals surface area contributed by atoms with Crippen LogP contribution in [0.25, 0.3) is 22.2 Å². The maximum Gasteiger partial charge on any atom is 0.276 e. The fraction of sp³-hybridized carbons (Fsp3) is 0.100. The van der Waals surface area contributed by atoms with Crippen LogP contribution in [0.4, 0.5) is 0 Å². The fourth-order valence-electron chi connectivity index (χ4n) is 2.85. The highest BCUT2D eigenvalue weighted by Crippen LogP contribution is 2.26. The Morgan fingerprint density at radius 1 is 1.04 bits per heavy atom. The molecular weight excluding hydrogens is 328 g/mol. The van der Waals surface area contributed by atoms with Crippen molar-refractivity contribution in [1.82, 2.24) is 19.7 Å². The maximum atomic E-state index is 12.9. The second-order valence-electron chi connectivity index (χ2n) is 5.80. The van der Waals surface area contributed by atoms with Gasteiger partial charge in [-0.1, -0.05) is 12.1 Å². The number of nitrogens with zero attached hydrogens (tertiary/aromatic N) is 4. The minimum atomic E-state index is -0.170. The maximum absolute atomic E-state index is 12.9. The molecule has 0 aliphatic carbocycles. The van der Waals surface area contributed by atoms with Crippen LogP contribution in [0.15, 0.2) is 71.9 Å². The molecule has 6 nitrogen and oxygen atoms in total. The van der Waals surface area contributed by atoms with E-state index in [4.69, 9.17) is 4.74 Å². The van der Waals surface area contributed by atoms with E-state index in [2.05, 4.69) is 15.1 Å². The Morgan fingerprint density at radius 2 is 1.88 bits per heavy atom. The molecule has 0 atom stereocenters. The Balaban J connectivity index is 1.94. The summed E-state index contributed by atoms with van der Waals surface area (Å²) in [4.78, 5) is 21.3. The monoisotopic (exact) mass is 344 g/mol. The van der Waals surface area contributed by atoms with Gasteiger partial charge in [-0.2, -0.15) is 5.10 Å². The van der Waals surface area contributed by atoms with Gasteiger partial charge in [0.2, 0.25) is 0 Å². The summed E-state index contributed by atoms with van der Waals surface area (Å²) in [6.07, 6.45) is 5.07. The lowest BCUT2D eigenvalue weighted by Gasteiger charge is -2.11. The molecule has 0 spiro atoms. The second-order valence-corrected chi connectivity index (χ2v) is 5.80. The van der Waals surface area contributed by atoms with Gasteiger partial charge < -0.3 is 4.74 Å². The number of benzene rings is 1. The van der Waals surface area contributed by atoms with Crippen molar-refractivity contribution in [1.29, 1.82) is 0 Å². The topological polar surface area (TPSA) is 69.9 Å². The fourth-order valence-corrected chi connectivity index (χ4v) is 2.85. The Morgan fingerprint density at radius 3 is 2.69 bits per heavy atom. The normalized spacial score (nSPS) is 10.8. The molecule has 0 aliphatic heterocycles. The molecule has 3 heterocycles. The van der Waals surface area contributed by atoms with Crippen molar-refractivity contribution in [2.24, 2.45) is 0 Å². The number of aromatic nitrogens is 4. The SMILES string of the molecule is COc1cccc(-c2nn(Cc3ccncc3)c(=O)c3cccnc23)c1. The number of ether oxygens (including phenoxy) is 1. The number of hydrogen-bond acceptors (Lipinski definition) is 5. The summed E-state index contributed by atoms with van der Waals surface area (Å²) >= 11 is 0. The van der Waals surface area contributed by atoms with Gasteiger partial charge >= 0.3 is 0 Å². The van der Waals surface area contributed by atoms with Gasteiger partial charge in [0.05, 0.1) is 19.0 Å². The molecule has 4 aromatic rings. The van der Waals surface area contributed by atoms with Crippen LogP contribution in [0, 0.1) is 0 Å². The van der Waals surface area contributed by atoms with Crippen molar-refractivity contribution in [2.45, 2.75) is 6.54 Å². The van der Waals surface area contributed by atoms with Gasteiger partial charge in [0.15, 0.2) is 0 Å². The predicted octanol–water partition coefficient (Wildman–Crippen LogP) is 2.91. The Bertz CT molecular complexity index is 1120. The lowest BCUT2D eigenvalue weighted by Crippen LogP contribution is -2.24. The number of fused-ring (bicyclic) bond motifs is 1. The molecule has 0 fully saturated rings. The highest BCUT2D eigenvalue weighted by atomic mass is 16.5. The predicted molar refractivity (Wildman–Crippen MR) is 99.1 cm³/mol. The first kappa shape index (κ1) is 16.0. The van der Waals surface area contributed by atoms with E-state index in [-0.39, 0.29) is 5.56 Å². The van der Waals surface area contributed by atoms with Crippen LogP contribution in [0.1, 0.15) is 5.56 Å². The zero-order valence-electron chi connectivity index (χ0n) is 14.2. The number of pyridine rings is 2. The van der Waals surface area contributed by atoms with E-state index in [9.17, 15) is 4.79 Å². The quantitative estimate of drug-likeness (QED) is 0.569. The highest BCUT2D eigenvalue weighted by molar-refractivity contribution is 5.90. The summed E-state index contributed by atoms with van der Waals surface area (Å²) < 4.78 is 6.78. The summed E-state index contributed by atoms with van der Waals surface area (Å²) in [5.41, 5.74) is 2.85. The third-order valence-corrected chi connectivity index (χ3v) is 4.14. The first-order valence-electron chi connectivity index (χ1n) is 8.15.